The van der Waals surface area contributed by atoms with Gasteiger partial charge >= 0.3 is 5.97 Å². The zero-order valence-corrected chi connectivity index (χ0v) is 13.9. The number of carbonyl (C=O) groups excluding carboxylic acids is 1. The van der Waals surface area contributed by atoms with Crippen LogP contribution in [0.15, 0.2) is 0 Å². The second kappa shape index (κ2) is 13.5. The number of carbonyl (C=O) groups is 1. The van der Waals surface area contributed by atoms with Gasteiger partial charge in [-0.3, -0.25) is 4.79 Å². The number of esters is 1. The highest BCUT2D eigenvalue weighted by molar-refractivity contribution is 5.69. The average molecular weight is 316 g/mol. The summed E-state index contributed by atoms with van der Waals surface area (Å²) in [4.78, 5) is 11.4. The number of rotatable bonds is 13. The molecule has 0 aliphatic heterocycles. The van der Waals surface area contributed by atoms with E-state index in [0.29, 0.717) is 52.9 Å². The van der Waals surface area contributed by atoms with E-state index in [1.807, 2.05) is 20.8 Å². The van der Waals surface area contributed by atoms with Crippen LogP contribution in [-0.2, 0) is 28.5 Å². The lowest BCUT2D eigenvalue weighted by Gasteiger charge is -2.19. The summed E-state index contributed by atoms with van der Waals surface area (Å²) in [7, 11) is 0. The Bertz CT molecular complexity index is 316. The summed E-state index contributed by atoms with van der Waals surface area (Å²) in [6.45, 7) is 9.02. The summed E-state index contributed by atoms with van der Waals surface area (Å²) in [5, 5.41) is 0. The molecule has 0 aromatic heterocycles. The second-order valence-electron chi connectivity index (χ2n) is 5.43. The maximum absolute atomic E-state index is 11.4. The van der Waals surface area contributed by atoms with Crippen LogP contribution in [0.4, 0.5) is 0 Å². The maximum atomic E-state index is 11.4. The van der Waals surface area contributed by atoms with Crippen LogP contribution in [0.1, 0.15) is 27.2 Å². The standard InChI is InChI=1S/C16H28O6/c1-5-7-18-9-11-20-13-14-21-12-10-19-8-6-15(17)22-16(2,3)4/h1H,6-14H2,2-4H3. The molecule has 128 valence electrons. The van der Waals surface area contributed by atoms with E-state index >= 15 is 0 Å². The van der Waals surface area contributed by atoms with E-state index in [1.54, 1.807) is 0 Å². The largest absolute Gasteiger partial charge is 0.460 e. The van der Waals surface area contributed by atoms with Crippen LogP contribution in [0.3, 0.4) is 0 Å². The molecule has 0 atom stereocenters. The molecular formula is C16H28O6. The highest BCUT2D eigenvalue weighted by Gasteiger charge is 2.15. The Morgan fingerprint density at radius 2 is 1.32 bits per heavy atom. The molecule has 0 bridgehead atoms. The van der Waals surface area contributed by atoms with Crippen LogP contribution in [0.25, 0.3) is 0 Å². The molecule has 0 saturated heterocycles. The number of hydrogen-bond acceptors (Lipinski definition) is 6. The van der Waals surface area contributed by atoms with Gasteiger partial charge in [-0.1, -0.05) is 5.92 Å². The number of terminal acetylenes is 1. The molecule has 0 aromatic carbocycles. The smallest absolute Gasteiger partial charge is 0.308 e. The first kappa shape index (κ1) is 20.9. The summed E-state index contributed by atoms with van der Waals surface area (Å²) in [6.07, 6.45) is 5.28. The summed E-state index contributed by atoms with van der Waals surface area (Å²) < 4.78 is 26.1. The van der Waals surface area contributed by atoms with Crippen LogP contribution in [0, 0.1) is 12.3 Å². The second-order valence-corrected chi connectivity index (χ2v) is 5.43. The van der Waals surface area contributed by atoms with Gasteiger partial charge in [-0.25, -0.2) is 0 Å². The Hall–Kier alpha value is -1.13. The van der Waals surface area contributed by atoms with Gasteiger partial charge in [0, 0.05) is 0 Å². The zero-order valence-electron chi connectivity index (χ0n) is 13.9. The van der Waals surface area contributed by atoms with Crippen molar-refractivity contribution in [3.05, 3.63) is 0 Å². The molecule has 6 nitrogen and oxygen atoms in total. The molecule has 22 heavy (non-hydrogen) atoms. The third-order valence-corrected chi connectivity index (χ3v) is 2.17. The molecule has 0 heterocycles. The summed E-state index contributed by atoms with van der Waals surface area (Å²) in [6, 6.07) is 0. The van der Waals surface area contributed by atoms with E-state index in [0.717, 1.165) is 0 Å². The zero-order chi connectivity index (χ0) is 16.7. The summed E-state index contributed by atoms with van der Waals surface area (Å²) in [5.74, 6) is 2.12. The van der Waals surface area contributed by atoms with Crippen LogP contribution < -0.4 is 0 Å². The SMILES string of the molecule is C#CCOCCOCCOCCOCCC(=O)OC(C)(C)C. The number of hydrogen-bond donors (Lipinski definition) is 0. The molecular weight excluding hydrogens is 288 g/mol. The first-order chi connectivity index (χ1) is 10.5. The molecule has 0 aliphatic carbocycles. The van der Waals surface area contributed by atoms with E-state index in [9.17, 15) is 4.79 Å². The van der Waals surface area contributed by atoms with Crippen molar-refractivity contribution in [1.29, 1.82) is 0 Å². The van der Waals surface area contributed by atoms with E-state index < -0.39 is 5.60 Å². The minimum atomic E-state index is -0.452. The topological polar surface area (TPSA) is 63.2 Å². The van der Waals surface area contributed by atoms with Crippen LogP contribution in [0.2, 0.25) is 0 Å². The summed E-state index contributed by atoms with van der Waals surface area (Å²) in [5.41, 5.74) is -0.452. The van der Waals surface area contributed by atoms with Gasteiger partial charge in [0.2, 0.25) is 0 Å². The third-order valence-electron chi connectivity index (χ3n) is 2.17. The van der Waals surface area contributed by atoms with Crippen molar-refractivity contribution in [2.45, 2.75) is 32.8 Å². The average Bonchev–Trinajstić information content (AvgIpc) is 2.42. The Balaban J connectivity index is 3.18. The van der Waals surface area contributed by atoms with Crippen molar-refractivity contribution in [3.8, 4) is 12.3 Å². The van der Waals surface area contributed by atoms with Gasteiger partial charge in [0.25, 0.3) is 0 Å². The fourth-order valence-electron chi connectivity index (χ4n) is 1.34. The molecule has 0 N–H and O–H groups in total. The molecule has 0 amide bonds. The van der Waals surface area contributed by atoms with Crippen molar-refractivity contribution in [3.63, 3.8) is 0 Å². The minimum Gasteiger partial charge on any atom is -0.460 e. The van der Waals surface area contributed by atoms with Gasteiger partial charge in [0.05, 0.1) is 52.7 Å². The van der Waals surface area contributed by atoms with Crippen molar-refractivity contribution >= 4 is 5.97 Å². The van der Waals surface area contributed by atoms with Crippen molar-refractivity contribution in [2.24, 2.45) is 0 Å². The maximum Gasteiger partial charge on any atom is 0.308 e. The predicted octanol–water partition coefficient (Wildman–Crippen LogP) is 1.42. The van der Waals surface area contributed by atoms with Crippen molar-refractivity contribution in [2.75, 3.05) is 52.9 Å². The number of ether oxygens (including phenoxy) is 5. The monoisotopic (exact) mass is 316 g/mol. The van der Waals surface area contributed by atoms with Crippen molar-refractivity contribution < 1.29 is 28.5 Å². The molecule has 6 heteroatoms. The molecule has 0 aliphatic rings. The first-order valence-electron chi connectivity index (χ1n) is 7.42. The van der Waals surface area contributed by atoms with Crippen LogP contribution in [-0.4, -0.2) is 64.4 Å². The summed E-state index contributed by atoms with van der Waals surface area (Å²) >= 11 is 0. The van der Waals surface area contributed by atoms with Gasteiger partial charge in [-0.2, -0.15) is 0 Å². The van der Waals surface area contributed by atoms with Gasteiger partial charge < -0.3 is 23.7 Å². The van der Waals surface area contributed by atoms with Crippen LogP contribution in [0.5, 0.6) is 0 Å². The van der Waals surface area contributed by atoms with E-state index in [2.05, 4.69) is 5.92 Å². The third kappa shape index (κ3) is 16.9. The van der Waals surface area contributed by atoms with Gasteiger partial charge in [0.15, 0.2) is 0 Å². The van der Waals surface area contributed by atoms with Gasteiger partial charge in [0.1, 0.15) is 12.2 Å². The van der Waals surface area contributed by atoms with E-state index in [4.69, 9.17) is 30.1 Å². The fourth-order valence-corrected chi connectivity index (χ4v) is 1.34. The Morgan fingerprint density at radius 1 is 0.864 bits per heavy atom. The highest BCUT2D eigenvalue weighted by atomic mass is 16.6. The molecule has 0 radical (unpaired) electrons. The lowest BCUT2D eigenvalue weighted by atomic mass is 10.2. The van der Waals surface area contributed by atoms with Crippen LogP contribution >= 0.6 is 0 Å². The molecule has 0 rings (SSSR count). The molecule has 0 spiro atoms. The quantitative estimate of drug-likeness (QED) is 0.291. The minimum absolute atomic E-state index is 0.248. The molecule has 0 unspecified atom stereocenters. The predicted molar refractivity (Wildman–Crippen MR) is 82.6 cm³/mol. The Kier molecular flexibility index (Phi) is 12.8. The van der Waals surface area contributed by atoms with Crippen molar-refractivity contribution in [1.82, 2.24) is 0 Å². The van der Waals surface area contributed by atoms with Gasteiger partial charge in [-0.15, -0.1) is 6.42 Å². The van der Waals surface area contributed by atoms with E-state index in [1.165, 1.54) is 0 Å². The molecule has 0 aromatic rings. The Labute approximate surface area is 133 Å². The van der Waals surface area contributed by atoms with Gasteiger partial charge in [-0.05, 0) is 20.8 Å². The lowest BCUT2D eigenvalue weighted by molar-refractivity contribution is -0.156. The molecule has 0 saturated carbocycles. The first-order valence-corrected chi connectivity index (χ1v) is 7.42. The Morgan fingerprint density at radius 3 is 1.77 bits per heavy atom. The fraction of sp³-hybridized carbons (Fsp3) is 0.812. The highest BCUT2D eigenvalue weighted by Crippen LogP contribution is 2.07. The lowest BCUT2D eigenvalue weighted by Crippen LogP contribution is -2.24. The normalized spacial score (nSPS) is 11.2. The van der Waals surface area contributed by atoms with E-state index in [-0.39, 0.29) is 12.4 Å². The molecule has 0 fully saturated rings.